The number of carbonyl (C=O) groups is 1. The average molecular weight is 323 g/mol. The molecule has 0 unspecified atom stereocenters. The number of imidazole rings is 2. The molecule has 0 spiro atoms. The number of aromatic amines is 2. The van der Waals surface area contributed by atoms with Crippen molar-refractivity contribution < 1.29 is 4.79 Å². The van der Waals surface area contributed by atoms with Crippen molar-refractivity contribution in [2.24, 2.45) is 0 Å². The van der Waals surface area contributed by atoms with E-state index in [0.717, 1.165) is 47.8 Å². The summed E-state index contributed by atoms with van der Waals surface area (Å²) in [6.45, 7) is 5.44. The highest BCUT2D eigenvalue weighted by molar-refractivity contribution is 5.97. The van der Waals surface area contributed by atoms with Gasteiger partial charge in [-0.25, -0.2) is 9.97 Å². The molecule has 4 rings (SSSR count). The molecule has 0 bridgehead atoms. The van der Waals surface area contributed by atoms with Crippen LogP contribution >= 0.6 is 0 Å². The van der Waals surface area contributed by atoms with Gasteiger partial charge in [0.25, 0.3) is 5.91 Å². The van der Waals surface area contributed by atoms with Gasteiger partial charge in [-0.05, 0) is 44.9 Å². The number of nitrogens with zero attached hydrogens (tertiary/aromatic N) is 3. The molecule has 124 valence electrons. The maximum absolute atomic E-state index is 12.9. The van der Waals surface area contributed by atoms with Crippen LogP contribution in [0.1, 0.15) is 46.5 Å². The molecule has 0 aliphatic carbocycles. The number of piperidine rings is 1. The van der Waals surface area contributed by atoms with Crippen molar-refractivity contribution in [2.75, 3.05) is 13.1 Å². The largest absolute Gasteiger partial charge is 0.346 e. The fraction of sp³-hybridized carbons (Fsp3) is 0.389. The van der Waals surface area contributed by atoms with E-state index >= 15 is 0 Å². The normalized spacial score (nSPS) is 18.2. The first-order chi connectivity index (χ1) is 11.6. The Hall–Kier alpha value is -2.63. The van der Waals surface area contributed by atoms with Gasteiger partial charge in [-0.15, -0.1) is 0 Å². The number of nitrogens with one attached hydrogen (secondary N) is 2. The SMILES string of the molecule is Cc1cnc([C@@H]2CCCN(C(=O)c3ccc4nc(C)[nH]c4c3)C2)[nH]1. The molecule has 3 aromatic rings. The standard InChI is InChI=1S/C18H21N5O/c1-11-9-19-17(20-11)14-4-3-7-23(10-14)18(24)13-5-6-15-16(8-13)22-12(2)21-15/h5-6,8-9,14H,3-4,7,10H2,1-2H3,(H,19,20)(H,21,22)/t14-/m1/s1. The van der Waals surface area contributed by atoms with E-state index in [2.05, 4.69) is 19.9 Å². The van der Waals surface area contributed by atoms with Crippen LogP contribution < -0.4 is 0 Å². The summed E-state index contributed by atoms with van der Waals surface area (Å²) in [5, 5.41) is 0. The number of fused-ring (bicyclic) bond motifs is 1. The van der Waals surface area contributed by atoms with Gasteiger partial charge in [-0.1, -0.05) is 0 Å². The molecule has 1 fully saturated rings. The van der Waals surface area contributed by atoms with Crippen molar-refractivity contribution in [1.29, 1.82) is 0 Å². The average Bonchev–Trinajstić information content (AvgIpc) is 3.18. The highest BCUT2D eigenvalue weighted by Gasteiger charge is 2.27. The van der Waals surface area contributed by atoms with Crippen LogP contribution in [-0.4, -0.2) is 43.8 Å². The van der Waals surface area contributed by atoms with Crippen LogP contribution in [0.3, 0.4) is 0 Å². The molecule has 6 nitrogen and oxygen atoms in total. The van der Waals surface area contributed by atoms with Gasteiger partial charge in [0.2, 0.25) is 0 Å². The molecule has 1 saturated heterocycles. The summed E-state index contributed by atoms with van der Waals surface area (Å²) in [4.78, 5) is 30.2. The summed E-state index contributed by atoms with van der Waals surface area (Å²) < 4.78 is 0. The predicted molar refractivity (Wildman–Crippen MR) is 92.0 cm³/mol. The maximum atomic E-state index is 12.9. The minimum absolute atomic E-state index is 0.0807. The quantitative estimate of drug-likeness (QED) is 0.761. The third-order valence-electron chi connectivity index (χ3n) is 4.67. The molecular formula is C18H21N5O. The summed E-state index contributed by atoms with van der Waals surface area (Å²) >= 11 is 0. The maximum Gasteiger partial charge on any atom is 0.253 e. The lowest BCUT2D eigenvalue weighted by molar-refractivity contribution is 0.0705. The molecule has 1 amide bonds. The van der Waals surface area contributed by atoms with Crippen LogP contribution in [-0.2, 0) is 0 Å². The van der Waals surface area contributed by atoms with Gasteiger partial charge < -0.3 is 14.9 Å². The molecule has 1 aromatic carbocycles. The van der Waals surface area contributed by atoms with Crippen LogP contribution in [0.4, 0.5) is 0 Å². The molecule has 3 heterocycles. The van der Waals surface area contributed by atoms with Gasteiger partial charge in [0.1, 0.15) is 11.6 Å². The van der Waals surface area contributed by atoms with E-state index in [9.17, 15) is 4.79 Å². The second kappa shape index (κ2) is 5.78. The number of benzene rings is 1. The van der Waals surface area contributed by atoms with Crippen LogP contribution in [0.25, 0.3) is 11.0 Å². The van der Waals surface area contributed by atoms with Crippen LogP contribution in [0.2, 0.25) is 0 Å². The van der Waals surface area contributed by atoms with Crippen LogP contribution in [0, 0.1) is 13.8 Å². The second-order valence-electron chi connectivity index (χ2n) is 6.60. The lowest BCUT2D eigenvalue weighted by Gasteiger charge is -2.32. The first kappa shape index (κ1) is 14.9. The number of likely N-dealkylation sites (tertiary alicyclic amines) is 1. The van der Waals surface area contributed by atoms with Crippen molar-refractivity contribution in [3.05, 3.63) is 47.3 Å². The summed E-state index contributed by atoms with van der Waals surface area (Å²) in [7, 11) is 0. The van der Waals surface area contributed by atoms with Crippen molar-refractivity contribution in [3.63, 3.8) is 0 Å². The Kier molecular flexibility index (Phi) is 3.59. The minimum atomic E-state index is 0.0807. The Labute approximate surface area is 140 Å². The zero-order valence-corrected chi connectivity index (χ0v) is 14.0. The Balaban J connectivity index is 1.56. The molecule has 2 aromatic heterocycles. The lowest BCUT2D eigenvalue weighted by atomic mass is 9.96. The number of hydrogen-bond acceptors (Lipinski definition) is 3. The number of H-pyrrole nitrogens is 2. The van der Waals surface area contributed by atoms with E-state index in [4.69, 9.17) is 0 Å². The summed E-state index contributed by atoms with van der Waals surface area (Å²) in [6, 6.07) is 5.67. The van der Waals surface area contributed by atoms with Gasteiger partial charge >= 0.3 is 0 Å². The van der Waals surface area contributed by atoms with Crippen LogP contribution in [0.5, 0.6) is 0 Å². The zero-order valence-electron chi connectivity index (χ0n) is 14.0. The molecule has 1 aliphatic rings. The molecule has 0 saturated carbocycles. The number of hydrogen-bond donors (Lipinski definition) is 2. The van der Waals surface area contributed by atoms with Gasteiger partial charge in [0, 0.05) is 36.5 Å². The number of amides is 1. The minimum Gasteiger partial charge on any atom is -0.346 e. The smallest absolute Gasteiger partial charge is 0.253 e. The molecule has 1 aliphatic heterocycles. The van der Waals surface area contributed by atoms with Crippen molar-refractivity contribution in [1.82, 2.24) is 24.8 Å². The van der Waals surface area contributed by atoms with Crippen molar-refractivity contribution in [3.8, 4) is 0 Å². The monoisotopic (exact) mass is 323 g/mol. The van der Waals surface area contributed by atoms with E-state index in [1.807, 2.05) is 43.1 Å². The van der Waals surface area contributed by atoms with E-state index in [0.29, 0.717) is 12.1 Å². The van der Waals surface area contributed by atoms with E-state index in [1.54, 1.807) is 0 Å². The molecule has 2 N–H and O–H groups in total. The number of aryl methyl sites for hydroxylation is 2. The lowest BCUT2D eigenvalue weighted by Crippen LogP contribution is -2.39. The molecular weight excluding hydrogens is 302 g/mol. The van der Waals surface area contributed by atoms with Crippen LogP contribution in [0.15, 0.2) is 24.4 Å². The Morgan fingerprint density at radius 2 is 2.17 bits per heavy atom. The topological polar surface area (TPSA) is 77.7 Å². The summed E-state index contributed by atoms with van der Waals surface area (Å²) in [5.41, 5.74) is 3.58. The Morgan fingerprint density at radius 3 is 2.96 bits per heavy atom. The Bertz CT molecular complexity index is 894. The first-order valence-electron chi connectivity index (χ1n) is 8.37. The predicted octanol–water partition coefficient (Wildman–Crippen LogP) is 2.92. The van der Waals surface area contributed by atoms with E-state index in [-0.39, 0.29) is 11.8 Å². The van der Waals surface area contributed by atoms with Gasteiger partial charge in [-0.2, -0.15) is 0 Å². The fourth-order valence-electron chi connectivity index (χ4n) is 3.48. The van der Waals surface area contributed by atoms with E-state index < -0.39 is 0 Å². The van der Waals surface area contributed by atoms with Crippen molar-refractivity contribution >= 4 is 16.9 Å². The fourth-order valence-corrected chi connectivity index (χ4v) is 3.48. The summed E-state index contributed by atoms with van der Waals surface area (Å²) in [5.74, 6) is 2.22. The third-order valence-corrected chi connectivity index (χ3v) is 4.67. The number of aromatic nitrogens is 4. The van der Waals surface area contributed by atoms with Crippen molar-refractivity contribution in [2.45, 2.75) is 32.6 Å². The highest BCUT2D eigenvalue weighted by atomic mass is 16.2. The molecule has 0 radical (unpaired) electrons. The van der Waals surface area contributed by atoms with Gasteiger partial charge in [0.05, 0.1) is 11.0 Å². The zero-order chi connectivity index (χ0) is 16.7. The van der Waals surface area contributed by atoms with E-state index in [1.165, 1.54) is 0 Å². The third kappa shape index (κ3) is 2.68. The molecule has 6 heteroatoms. The molecule has 24 heavy (non-hydrogen) atoms. The first-order valence-corrected chi connectivity index (χ1v) is 8.37. The molecule has 1 atom stereocenters. The highest BCUT2D eigenvalue weighted by Crippen LogP contribution is 2.26. The summed E-state index contributed by atoms with van der Waals surface area (Å²) in [6.07, 6.45) is 3.92. The Morgan fingerprint density at radius 1 is 1.29 bits per heavy atom. The van der Waals surface area contributed by atoms with Gasteiger partial charge in [-0.3, -0.25) is 4.79 Å². The van der Waals surface area contributed by atoms with Gasteiger partial charge in [0.15, 0.2) is 0 Å². The number of carbonyl (C=O) groups excluding carboxylic acids is 1. The number of rotatable bonds is 2. The second-order valence-corrected chi connectivity index (χ2v) is 6.60.